The number of nitrogens with one attached hydrogen (secondary N) is 5. The number of nitrogens with zero attached hydrogens (tertiary/aromatic N) is 6. The summed E-state index contributed by atoms with van der Waals surface area (Å²) >= 11 is 0. The van der Waals surface area contributed by atoms with Crippen LogP contribution >= 0.6 is 0 Å². The fourth-order valence-electron chi connectivity index (χ4n) is 10.9. The third-order valence-corrected chi connectivity index (χ3v) is 16.3. The zero-order chi connectivity index (χ0) is 77.6. The SMILES string of the molecule is COCCNC(=O)c1nc(C(=O)NCCCO)c2cc(Cc3ccc(F)cc3)cnc2c1O.COCCNC(=O)c1nc(C(=O)NCCCO)c2cc(Cc3ccc(F)cc3)cnc2c1OCc1ccccc1.COCCNC(=O)c1nc(C(=O)O)c2cc(Cc3ccc(F)cc3)cnc2c1OCc1ccccc1. The maximum Gasteiger partial charge on any atom is 0.355 e. The molecule has 11 rings (SSSR count). The predicted octanol–water partition coefficient (Wildman–Crippen LogP) is 8.99. The van der Waals surface area contributed by atoms with Crippen LogP contribution in [0.3, 0.4) is 0 Å². The van der Waals surface area contributed by atoms with Crippen LogP contribution in [0.5, 0.6) is 17.2 Å². The predicted molar refractivity (Wildman–Crippen MR) is 397 cm³/mol. The van der Waals surface area contributed by atoms with Gasteiger partial charge in [0.05, 0.1) is 19.8 Å². The average Bonchev–Trinajstić information content (AvgIpc) is 0.777. The zero-order valence-electron chi connectivity index (χ0n) is 59.8. The van der Waals surface area contributed by atoms with E-state index in [1.165, 1.54) is 63.9 Å². The minimum absolute atomic E-state index is 0.00495. The van der Waals surface area contributed by atoms with Gasteiger partial charge in [-0.2, -0.15) is 0 Å². The van der Waals surface area contributed by atoms with Crippen molar-refractivity contribution in [1.29, 1.82) is 0 Å². The third kappa shape index (κ3) is 22.8. The Balaban J connectivity index is 0.000000189. The number of hydrogen-bond donors (Lipinski definition) is 9. The Morgan fingerprint density at radius 3 is 1.05 bits per heavy atom. The number of pyridine rings is 6. The number of fused-ring (bicyclic) bond motifs is 3. The summed E-state index contributed by atoms with van der Waals surface area (Å²) in [5, 5.41) is 52.9. The number of aromatic hydroxyl groups is 1. The van der Waals surface area contributed by atoms with Gasteiger partial charge in [0.2, 0.25) is 0 Å². The van der Waals surface area contributed by atoms with E-state index in [1.54, 1.807) is 67.0 Å². The summed E-state index contributed by atoms with van der Waals surface area (Å²) in [5.74, 6) is -5.43. The van der Waals surface area contributed by atoms with Gasteiger partial charge in [0, 0.05) is 102 Å². The Kier molecular flexibility index (Phi) is 30.3. The number of carbonyl (C=O) groups excluding carboxylic acids is 5. The Morgan fingerprint density at radius 2 is 0.688 bits per heavy atom. The molecule has 0 radical (unpaired) electrons. The number of ether oxygens (including phenoxy) is 5. The lowest BCUT2D eigenvalue weighted by atomic mass is 10.0. The molecule has 0 spiro atoms. The first kappa shape index (κ1) is 80.7. The summed E-state index contributed by atoms with van der Waals surface area (Å²) < 4.78 is 67.0. The quantitative estimate of drug-likeness (QED) is 0.0173. The van der Waals surface area contributed by atoms with Gasteiger partial charge >= 0.3 is 5.97 Å². The first-order valence-corrected chi connectivity index (χ1v) is 34.5. The van der Waals surface area contributed by atoms with Crippen LogP contribution in [0.2, 0.25) is 0 Å². The molecule has 109 heavy (non-hydrogen) atoms. The van der Waals surface area contributed by atoms with E-state index in [4.69, 9.17) is 33.9 Å². The molecule has 29 heteroatoms. The third-order valence-electron chi connectivity index (χ3n) is 16.3. The maximum absolute atomic E-state index is 13.4. The van der Waals surface area contributed by atoms with Crippen molar-refractivity contribution < 1.29 is 86.0 Å². The minimum Gasteiger partial charge on any atom is -0.504 e. The van der Waals surface area contributed by atoms with Gasteiger partial charge in [-0.15, -0.1) is 0 Å². The molecule has 6 aromatic heterocycles. The average molecular weight is 1490 g/mol. The Labute approximate surface area is 624 Å². The molecule has 11 aromatic rings. The highest BCUT2D eigenvalue weighted by Gasteiger charge is 2.29. The number of benzene rings is 5. The summed E-state index contributed by atoms with van der Waals surface area (Å²) in [6.07, 6.45) is 6.71. The van der Waals surface area contributed by atoms with Crippen molar-refractivity contribution in [2.75, 3.05) is 87.1 Å². The Morgan fingerprint density at radius 1 is 0.376 bits per heavy atom. The fraction of sp³-hybridized carbons (Fsp3) is 0.250. The van der Waals surface area contributed by atoms with Gasteiger partial charge in [-0.05, 0) is 131 Å². The molecule has 0 atom stereocenters. The number of carbonyl (C=O) groups is 6. The first-order valence-electron chi connectivity index (χ1n) is 34.5. The number of carboxylic acids is 1. The van der Waals surface area contributed by atoms with Crippen molar-refractivity contribution in [3.8, 4) is 17.2 Å². The smallest absolute Gasteiger partial charge is 0.355 e. The van der Waals surface area contributed by atoms with E-state index in [1.807, 2.05) is 60.7 Å². The number of rotatable bonds is 33. The van der Waals surface area contributed by atoms with Crippen LogP contribution < -0.4 is 36.1 Å². The number of aromatic carboxylic acids is 1. The van der Waals surface area contributed by atoms with E-state index in [0.29, 0.717) is 60.7 Å². The van der Waals surface area contributed by atoms with Gasteiger partial charge in [0.1, 0.15) is 58.6 Å². The number of amides is 5. The molecule has 0 saturated heterocycles. The van der Waals surface area contributed by atoms with Gasteiger partial charge in [-0.25, -0.2) is 32.9 Å². The van der Waals surface area contributed by atoms with Crippen LogP contribution in [0.15, 0.2) is 170 Å². The van der Waals surface area contributed by atoms with E-state index >= 15 is 0 Å². The molecule has 566 valence electrons. The van der Waals surface area contributed by atoms with Gasteiger partial charge in [-0.3, -0.25) is 38.9 Å². The highest BCUT2D eigenvalue weighted by molar-refractivity contribution is 6.11. The standard InChI is InChI=1S/C30H31FN4O5.C27H24FN3O5.C23H25FN4O5/c1-39-15-13-33-30(38)27-28(40-19-21-6-3-2-4-7-21)25-24(26(35-27)29(37)32-12-5-14-36)17-22(18-34-25)16-20-8-10-23(31)11-9-20;1-35-12-11-29-26(32)24-25(36-16-18-5-3-2-4-6-18)22-21(23(31-24)27(33)34)14-19(15-30-22)13-17-7-9-20(28)10-8-17;1-33-10-8-26-23(32)20-21(30)18-17(19(28-20)22(31)25-7-2-9-29)12-15(13-27-18)11-14-3-5-16(24)6-4-14/h2-4,6-11,17-18,36H,5,12-16,19H2,1H3,(H,32,37)(H,33,38);2-10,14-15H,11-13,16H2,1H3,(H,29,32)(H,33,34);3-6,12-13,29-30H,2,7-11H2,1H3,(H,25,31)(H,26,32). The van der Waals surface area contributed by atoms with E-state index in [2.05, 4.69) is 56.5 Å². The largest absolute Gasteiger partial charge is 0.504 e. The fourth-order valence-corrected chi connectivity index (χ4v) is 10.9. The van der Waals surface area contributed by atoms with Crippen LogP contribution in [-0.2, 0) is 46.7 Å². The molecular formula is C80H80F3N11O15. The highest BCUT2D eigenvalue weighted by Crippen LogP contribution is 2.35. The van der Waals surface area contributed by atoms with Crippen LogP contribution in [0, 0.1) is 17.5 Å². The van der Waals surface area contributed by atoms with Crippen molar-refractivity contribution in [3.05, 3.63) is 266 Å². The summed E-state index contributed by atoms with van der Waals surface area (Å²) in [7, 11) is 4.52. The number of halogens is 3. The summed E-state index contributed by atoms with van der Waals surface area (Å²) in [6.45, 7) is 1.98. The molecule has 0 saturated carbocycles. The number of methoxy groups -OCH3 is 3. The van der Waals surface area contributed by atoms with Crippen molar-refractivity contribution >= 4 is 68.2 Å². The normalized spacial score (nSPS) is 10.9. The number of hydrogen-bond acceptors (Lipinski definition) is 20. The van der Waals surface area contributed by atoms with Crippen molar-refractivity contribution in [2.24, 2.45) is 0 Å². The lowest BCUT2D eigenvalue weighted by Crippen LogP contribution is -2.31. The van der Waals surface area contributed by atoms with E-state index in [9.17, 15) is 52.2 Å². The highest BCUT2D eigenvalue weighted by atomic mass is 19.1. The molecule has 0 fully saturated rings. The zero-order valence-corrected chi connectivity index (χ0v) is 59.8. The van der Waals surface area contributed by atoms with E-state index in [0.717, 1.165) is 33.4 Å². The molecular weight excluding hydrogens is 1410 g/mol. The van der Waals surface area contributed by atoms with Crippen LogP contribution in [0.4, 0.5) is 13.2 Å². The second-order valence-corrected chi connectivity index (χ2v) is 24.3. The molecule has 6 heterocycles. The first-order chi connectivity index (χ1) is 52.9. The van der Waals surface area contributed by atoms with Gasteiger partial charge < -0.3 is 70.7 Å². The lowest BCUT2D eigenvalue weighted by molar-refractivity contribution is 0.0691. The lowest BCUT2D eigenvalue weighted by Gasteiger charge is -2.17. The van der Waals surface area contributed by atoms with Gasteiger partial charge in [0.15, 0.2) is 40.0 Å². The van der Waals surface area contributed by atoms with E-state index in [-0.39, 0.29) is 157 Å². The van der Waals surface area contributed by atoms with Crippen molar-refractivity contribution in [1.82, 2.24) is 56.5 Å². The molecule has 0 aliphatic rings. The number of aliphatic hydroxyl groups excluding tert-OH is 2. The van der Waals surface area contributed by atoms with Crippen molar-refractivity contribution in [2.45, 2.75) is 45.3 Å². The molecule has 9 N–H and O–H groups in total. The maximum atomic E-state index is 13.4. The summed E-state index contributed by atoms with van der Waals surface area (Å²) in [5.41, 5.74) is 6.01. The summed E-state index contributed by atoms with van der Waals surface area (Å²) in [4.78, 5) is 103. The monoisotopic (exact) mass is 1490 g/mol. The second kappa shape index (κ2) is 40.9. The Hall–Kier alpha value is -12.4. The Bertz CT molecular complexity index is 4940. The molecule has 5 amide bonds. The number of carboxylic acid groups (broad SMARTS) is 1. The minimum atomic E-state index is -1.30. The number of aromatic nitrogens is 6. The summed E-state index contributed by atoms with van der Waals surface area (Å²) in [6, 6.07) is 42.0. The van der Waals surface area contributed by atoms with Crippen LogP contribution in [-0.4, -0.2) is 173 Å². The van der Waals surface area contributed by atoms with Gasteiger partial charge in [-0.1, -0.05) is 97.1 Å². The second-order valence-electron chi connectivity index (χ2n) is 24.3. The molecule has 26 nitrogen and oxygen atoms in total. The molecule has 0 unspecified atom stereocenters. The van der Waals surface area contributed by atoms with Gasteiger partial charge in [0.25, 0.3) is 29.5 Å². The van der Waals surface area contributed by atoms with E-state index < -0.39 is 41.3 Å². The number of aliphatic hydroxyl groups is 2. The van der Waals surface area contributed by atoms with Crippen LogP contribution in [0.1, 0.15) is 120 Å². The molecule has 5 aromatic carbocycles. The molecule has 0 aliphatic carbocycles. The molecule has 0 bridgehead atoms. The van der Waals surface area contributed by atoms with Crippen molar-refractivity contribution in [3.63, 3.8) is 0 Å². The topological polar surface area (TPSA) is 367 Å². The molecule has 0 aliphatic heterocycles. The van der Waals surface area contributed by atoms with Crippen LogP contribution in [0.25, 0.3) is 32.7 Å².